The first-order valence-corrected chi connectivity index (χ1v) is 6.44. The molecule has 20 heavy (non-hydrogen) atoms. The van der Waals surface area contributed by atoms with Gasteiger partial charge in [-0.3, -0.25) is 4.68 Å². The molecule has 0 amide bonds. The number of esters is 1. The molecule has 2 aromatic heterocycles. The van der Waals surface area contributed by atoms with Gasteiger partial charge in [0.2, 0.25) is 0 Å². The van der Waals surface area contributed by atoms with E-state index >= 15 is 0 Å². The molecule has 1 N–H and O–H groups in total. The quantitative estimate of drug-likeness (QED) is 0.667. The van der Waals surface area contributed by atoms with Gasteiger partial charge < -0.3 is 10.1 Å². The van der Waals surface area contributed by atoms with E-state index in [1.807, 2.05) is 14.0 Å². The molecule has 106 valence electrons. The van der Waals surface area contributed by atoms with Crippen LogP contribution in [0.15, 0.2) is 18.9 Å². The van der Waals surface area contributed by atoms with Gasteiger partial charge in [0.1, 0.15) is 5.56 Å². The molecule has 0 radical (unpaired) electrons. The van der Waals surface area contributed by atoms with E-state index in [4.69, 9.17) is 4.74 Å². The number of hydrogen-bond donors (Lipinski definition) is 1. The van der Waals surface area contributed by atoms with Crippen molar-refractivity contribution in [2.75, 3.05) is 18.5 Å². The molecule has 6 heteroatoms. The predicted molar refractivity (Wildman–Crippen MR) is 77.9 cm³/mol. The van der Waals surface area contributed by atoms with Crippen LogP contribution in [0.5, 0.6) is 0 Å². The van der Waals surface area contributed by atoms with Crippen molar-refractivity contribution in [1.29, 1.82) is 0 Å². The maximum atomic E-state index is 12.0. The number of aromatic nitrogens is 3. The van der Waals surface area contributed by atoms with Crippen LogP contribution >= 0.6 is 0 Å². The minimum absolute atomic E-state index is 0.323. The zero-order valence-electron chi connectivity index (χ0n) is 11.9. The first-order valence-electron chi connectivity index (χ1n) is 6.44. The number of carbonyl (C=O) groups excluding carboxylic acids is 1. The zero-order valence-corrected chi connectivity index (χ0v) is 11.9. The third-order valence-corrected chi connectivity index (χ3v) is 2.95. The highest BCUT2D eigenvalue weighted by Crippen LogP contribution is 2.28. The lowest BCUT2D eigenvalue weighted by atomic mass is 10.1. The van der Waals surface area contributed by atoms with Crippen molar-refractivity contribution < 1.29 is 9.53 Å². The van der Waals surface area contributed by atoms with Crippen molar-refractivity contribution in [2.45, 2.75) is 13.8 Å². The molecule has 0 saturated heterocycles. The smallest absolute Gasteiger partial charge is 0.341 e. The lowest BCUT2D eigenvalue weighted by Gasteiger charge is -2.11. The summed E-state index contributed by atoms with van der Waals surface area (Å²) < 4.78 is 6.77. The molecule has 0 spiro atoms. The summed E-state index contributed by atoms with van der Waals surface area (Å²) in [6.07, 6.45) is 3.25. The molecule has 2 heterocycles. The highest BCUT2D eigenvalue weighted by molar-refractivity contribution is 6.05. The fourth-order valence-corrected chi connectivity index (χ4v) is 2.13. The van der Waals surface area contributed by atoms with Gasteiger partial charge in [0, 0.05) is 19.8 Å². The molecule has 0 unspecified atom stereocenters. The molecule has 0 fully saturated rings. The number of nitrogens with zero attached hydrogens (tertiary/aromatic N) is 3. The number of aryl methyl sites for hydroxylation is 2. The van der Waals surface area contributed by atoms with E-state index in [0.717, 1.165) is 16.7 Å². The van der Waals surface area contributed by atoms with Gasteiger partial charge in [-0.15, -0.1) is 6.58 Å². The van der Waals surface area contributed by atoms with Crippen LogP contribution in [0.25, 0.3) is 11.0 Å². The number of carbonyl (C=O) groups is 1. The van der Waals surface area contributed by atoms with Crippen LogP contribution in [0, 0.1) is 6.92 Å². The molecule has 0 aliphatic heterocycles. The van der Waals surface area contributed by atoms with Crippen molar-refractivity contribution in [2.24, 2.45) is 7.05 Å². The van der Waals surface area contributed by atoms with Gasteiger partial charge in [-0.25, -0.2) is 9.78 Å². The Kier molecular flexibility index (Phi) is 4.02. The maximum absolute atomic E-state index is 12.0. The molecule has 0 bridgehead atoms. The van der Waals surface area contributed by atoms with E-state index in [0.29, 0.717) is 24.4 Å². The lowest BCUT2D eigenvalue weighted by molar-refractivity contribution is 0.0527. The molecule has 0 saturated carbocycles. The summed E-state index contributed by atoms with van der Waals surface area (Å²) in [7, 11) is 1.82. The van der Waals surface area contributed by atoms with Crippen LogP contribution < -0.4 is 5.32 Å². The van der Waals surface area contributed by atoms with Gasteiger partial charge in [-0.1, -0.05) is 6.08 Å². The van der Waals surface area contributed by atoms with Crippen LogP contribution in [-0.4, -0.2) is 33.9 Å². The fraction of sp³-hybridized carbons (Fsp3) is 0.357. The van der Waals surface area contributed by atoms with Crippen LogP contribution in [0.2, 0.25) is 0 Å². The highest BCUT2D eigenvalue weighted by atomic mass is 16.5. The third-order valence-electron chi connectivity index (χ3n) is 2.95. The lowest BCUT2D eigenvalue weighted by Crippen LogP contribution is -2.11. The summed E-state index contributed by atoms with van der Waals surface area (Å²) in [5.41, 5.74) is 2.64. The number of rotatable bonds is 5. The summed E-state index contributed by atoms with van der Waals surface area (Å²) >= 11 is 0. The van der Waals surface area contributed by atoms with Crippen LogP contribution in [-0.2, 0) is 11.8 Å². The molecular weight excluding hydrogens is 256 g/mol. The monoisotopic (exact) mass is 274 g/mol. The number of pyridine rings is 1. The topological polar surface area (TPSA) is 69.0 Å². The van der Waals surface area contributed by atoms with E-state index in [2.05, 4.69) is 22.0 Å². The second-order valence-corrected chi connectivity index (χ2v) is 4.34. The number of hydrogen-bond acceptors (Lipinski definition) is 5. The van der Waals surface area contributed by atoms with Crippen LogP contribution in [0.4, 0.5) is 5.69 Å². The average molecular weight is 274 g/mol. The van der Waals surface area contributed by atoms with Gasteiger partial charge >= 0.3 is 5.97 Å². The Bertz CT molecular complexity index is 661. The summed E-state index contributed by atoms with van der Waals surface area (Å²) in [6, 6.07) is 0. The average Bonchev–Trinajstić information content (AvgIpc) is 2.72. The van der Waals surface area contributed by atoms with Crippen molar-refractivity contribution in [3.05, 3.63) is 30.1 Å². The Morgan fingerprint density at radius 2 is 2.35 bits per heavy atom. The first kappa shape index (κ1) is 14.0. The summed E-state index contributed by atoms with van der Waals surface area (Å²) in [5.74, 6) is -0.392. The van der Waals surface area contributed by atoms with E-state index in [1.165, 1.54) is 6.20 Å². The van der Waals surface area contributed by atoms with Gasteiger partial charge in [0.05, 0.1) is 23.4 Å². The van der Waals surface area contributed by atoms with Crippen LogP contribution in [0.3, 0.4) is 0 Å². The second kappa shape index (κ2) is 5.73. The number of fused-ring (bicyclic) bond motifs is 1. The number of anilines is 1. The predicted octanol–water partition coefficient (Wildman–Crippen LogP) is 2.05. The summed E-state index contributed by atoms with van der Waals surface area (Å²) in [4.78, 5) is 16.3. The Labute approximate surface area is 117 Å². The third kappa shape index (κ3) is 2.36. The molecule has 2 aromatic rings. The number of ether oxygens (including phenoxy) is 1. The van der Waals surface area contributed by atoms with Gasteiger partial charge in [-0.2, -0.15) is 5.10 Å². The molecule has 0 aromatic carbocycles. The SMILES string of the molecule is C=CCNc1c(C(=O)OCC)cnc2c1c(C)nn2C. The minimum atomic E-state index is -0.392. The molecule has 6 nitrogen and oxygen atoms in total. The Morgan fingerprint density at radius 1 is 1.60 bits per heavy atom. The summed E-state index contributed by atoms with van der Waals surface area (Å²) in [6.45, 7) is 8.20. The molecular formula is C14H18N4O2. The fourth-order valence-electron chi connectivity index (χ4n) is 2.13. The Hall–Kier alpha value is -2.37. The standard InChI is InChI=1S/C14H18N4O2/c1-5-7-15-12-10(14(19)20-6-2)8-16-13-11(12)9(3)17-18(13)4/h5,8H,1,6-7H2,2-4H3,(H,15,16). The Morgan fingerprint density at radius 3 is 3.00 bits per heavy atom. The van der Waals surface area contributed by atoms with Gasteiger partial charge in [0.15, 0.2) is 5.65 Å². The van der Waals surface area contributed by atoms with Crippen LogP contribution in [0.1, 0.15) is 23.0 Å². The van der Waals surface area contributed by atoms with Crippen molar-refractivity contribution in [3.63, 3.8) is 0 Å². The van der Waals surface area contributed by atoms with Gasteiger partial charge in [0.25, 0.3) is 0 Å². The molecule has 0 aliphatic carbocycles. The van der Waals surface area contributed by atoms with E-state index in [9.17, 15) is 4.79 Å². The van der Waals surface area contributed by atoms with Crippen molar-refractivity contribution in [3.8, 4) is 0 Å². The molecule has 2 rings (SSSR count). The minimum Gasteiger partial charge on any atom is -0.462 e. The first-order chi connectivity index (χ1) is 9.60. The second-order valence-electron chi connectivity index (χ2n) is 4.34. The van der Waals surface area contributed by atoms with E-state index in [-0.39, 0.29) is 0 Å². The van der Waals surface area contributed by atoms with E-state index < -0.39 is 5.97 Å². The van der Waals surface area contributed by atoms with Crippen molar-refractivity contribution >= 4 is 22.7 Å². The normalized spacial score (nSPS) is 10.6. The molecule has 0 aliphatic rings. The highest BCUT2D eigenvalue weighted by Gasteiger charge is 2.20. The zero-order chi connectivity index (χ0) is 14.7. The maximum Gasteiger partial charge on any atom is 0.341 e. The molecule has 0 atom stereocenters. The number of nitrogens with one attached hydrogen (secondary N) is 1. The van der Waals surface area contributed by atoms with Gasteiger partial charge in [-0.05, 0) is 13.8 Å². The van der Waals surface area contributed by atoms with E-state index in [1.54, 1.807) is 17.7 Å². The largest absolute Gasteiger partial charge is 0.462 e. The summed E-state index contributed by atoms with van der Waals surface area (Å²) in [5, 5.41) is 8.36. The van der Waals surface area contributed by atoms with Crippen molar-refractivity contribution in [1.82, 2.24) is 14.8 Å². The Balaban J connectivity index is 2.65.